The molecule has 2 heterocycles. The molecular formula is C11H9NO4S. The smallest absolute Gasteiger partial charge is 0.357 e. The Labute approximate surface area is 101 Å². The molecule has 0 saturated heterocycles. The number of pyridine rings is 1. The van der Waals surface area contributed by atoms with Crippen molar-refractivity contribution < 1.29 is 19.1 Å². The van der Waals surface area contributed by atoms with Crippen LogP contribution in [-0.4, -0.2) is 31.1 Å². The monoisotopic (exact) mass is 251 g/mol. The van der Waals surface area contributed by atoms with E-state index in [1.165, 1.54) is 25.6 Å². The van der Waals surface area contributed by atoms with Gasteiger partial charge in [0.2, 0.25) is 0 Å². The first-order valence-corrected chi connectivity index (χ1v) is 5.60. The SMILES string of the molecule is COC(=O)c1cc2sccc2nc1C(=O)OC. The van der Waals surface area contributed by atoms with Gasteiger partial charge in [0.1, 0.15) is 0 Å². The molecule has 88 valence electrons. The number of methoxy groups -OCH3 is 2. The molecule has 17 heavy (non-hydrogen) atoms. The summed E-state index contributed by atoms with van der Waals surface area (Å²) in [5.74, 6) is -1.26. The van der Waals surface area contributed by atoms with Crippen molar-refractivity contribution in [3.63, 3.8) is 0 Å². The van der Waals surface area contributed by atoms with Crippen LogP contribution in [0.2, 0.25) is 0 Å². The van der Waals surface area contributed by atoms with Crippen molar-refractivity contribution in [2.24, 2.45) is 0 Å². The lowest BCUT2D eigenvalue weighted by Crippen LogP contribution is -2.13. The van der Waals surface area contributed by atoms with Gasteiger partial charge in [-0.1, -0.05) is 0 Å². The first kappa shape index (κ1) is 11.5. The second kappa shape index (κ2) is 4.50. The zero-order chi connectivity index (χ0) is 12.4. The Hall–Kier alpha value is -1.95. The van der Waals surface area contributed by atoms with E-state index in [0.717, 1.165) is 4.70 Å². The van der Waals surface area contributed by atoms with E-state index in [1.807, 2.05) is 5.38 Å². The normalized spacial score (nSPS) is 10.2. The van der Waals surface area contributed by atoms with Crippen LogP contribution in [0.5, 0.6) is 0 Å². The molecule has 2 aromatic heterocycles. The number of fused-ring (bicyclic) bond motifs is 1. The summed E-state index contributed by atoms with van der Waals surface area (Å²) in [6.45, 7) is 0. The van der Waals surface area contributed by atoms with Crippen molar-refractivity contribution in [1.29, 1.82) is 0 Å². The lowest BCUT2D eigenvalue weighted by molar-refractivity contribution is 0.0550. The molecule has 2 rings (SSSR count). The first-order valence-electron chi connectivity index (χ1n) is 4.72. The number of hydrogen-bond donors (Lipinski definition) is 0. The summed E-state index contributed by atoms with van der Waals surface area (Å²) in [5, 5.41) is 1.83. The van der Waals surface area contributed by atoms with Crippen LogP contribution in [0.15, 0.2) is 17.5 Å². The first-order chi connectivity index (χ1) is 8.17. The van der Waals surface area contributed by atoms with Crippen LogP contribution < -0.4 is 0 Å². The fourth-order valence-electron chi connectivity index (χ4n) is 1.41. The minimum absolute atomic E-state index is 0.0229. The zero-order valence-corrected chi connectivity index (χ0v) is 10.0. The number of nitrogens with zero attached hydrogens (tertiary/aromatic N) is 1. The molecule has 0 N–H and O–H groups in total. The maximum Gasteiger partial charge on any atom is 0.357 e. The molecule has 6 heteroatoms. The van der Waals surface area contributed by atoms with Gasteiger partial charge >= 0.3 is 11.9 Å². The van der Waals surface area contributed by atoms with Gasteiger partial charge in [-0.2, -0.15) is 0 Å². The molecule has 0 bridgehead atoms. The van der Waals surface area contributed by atoms with E-state index in [-0.39, 0.29) is 11.3 Å². The predicted octanol–water partition coefficient (Wildman–Crippen LogP) is 1.87. The van der Waals surface area contributed by atoms with Crippen LogP contribution in [0.1, 0.15) is 20.8 Å². The maximum atomic E-state index is 11.6. The van der Waals surface area contributed by atoms with E-state index in [0.29, 0.717) is 5.52 Å². The molecule has 5 nitrogen and oxygen atoms in total. The van der Waals surface area contributed by atoms with Gasteiger partial charge in [0.05, 0.1) is 30.0 Å². The number of carbonyl (C=O) groups excluding carboxylic acids is 2. The van der Waals surface area contributed by atoms with Crippen LogP contribution in [0.4, 0.5) is 0 Å². The minimum Gasteiger partial charge on any atom is -0.465 e. The van der Waals surface area contributed by atoms with Crippen LogP contribution >= 0.6 is 11.3 Å². The topological polar surface area (TPSA) is 65.5 Å². The van der Waals surface area contributed by atoms with Crippen molar-refractivity contribution in [1.82, 2.24) is 4.98 Å². The lowest BCUT2D eigenvalue weighted by atomic mass is 10.2. The Balaban J connectivity index is 2.67. The predicted molar refractivity (Wildman–Crippen MR) is 62.3 cm³/mol. The minimum atomic E-state index is -0.654. The number of carbonyl (C=O) groups is 2. The highest BCUT2D eigenvalue weighted by atomic mass is 32.1. The summed E-state index contributed by atoms with van der Waals surface area (Å²) in [6, 6.07) is 3.36. The number of esters is 2. The van der Waals surface area contributed by atoms with Gasteiger partial charge in [-0.3, -0.25) is 0 Å². The average molecular weight is 251 g/mol. The summed E-state index contributed by atoms with van der Waals surface area (Å²) in [4.78, 5) is 27.2. The molecule has 0 amide bonds. The Bertz CT molecular complexity index is 540. The molecule has 0 atom stereocenters. The van der Waals surface area contributed by atoms with Crippen molar-refractivity contribution in [2.45, 2.75) is 0 Å². The summed E-state index contributed by atoms with van der Waals surface area (Å²) in [5.41, 5.74) is 0.752. The number of hydrogen-bond acceptors (Lipinski definition) is 6. The fraction of sp³-hybridized carbons (Fsp3) is 0.182. The quantitative estimate of drug-likeness (QED) is 0.762. The molecule has 0 radical (unpaired) electrons. The van der Waals surface area contributed by atoms with Gasteiger partial charge in [0, 0.05) is 0 Å². The lowest BCUT2D eigenvalue weighted by Gasteiger charge is -2.05. The van der Waals surface area contributed by atoms with Crippen molar-refractivity contribution in [2.75, 3.05) is 14.2 Å². The third-order valence-electron chi connectivity index (χ3n) is 2.22. The molecular weight excluding hydrogens is 242 g/mol. The third-order valence-corrected chi connectivity index (χ3v) is 3.07. The van der Waals surface area contributed by atoms with Gasteiger partial charge < -0.3 is 9.47 Å². The molecule has 0 fully saturated rings. The van der Waals surface area contributed by atoms with E-state index in [9.17, 15) is 9.59 Å². The Kier molecular flexibility index (Phi) is 3.06. The molecule has 0 aliphatic rings. The van der Waals surface area contributed by atoms with Crippen LogP contribution in [0.25, 0.3) is 10.2 Å². The van der Waals surface area contributed by atoms with Crippen molar-refractivity contribution in [3.05, 3.63) is 28.8 Å². The second-order valence-corrected chi connectivity index (χ2v) is 4.12. The Morgan fingerprint density at radius 1 is 1.24 bits per heavy atom. The summed E-state index contributed by atoms with van der Waals surface area (Å²) < 4.78 is 10.0. The highest BCUT2D eigenvalue weighted by Gasteiger charge is 2.21. The van der Waals surface area contributed by atoms with Gasteiger partial charge in [-0.25, -0.2) is 14.6 Å². The number of rotatable bonds is 2. The van der Waals surface area contributed by atoms with Gasteiger partial charge in [-0.05, 0) is 17.5 Å². The van der Waals surface area contributed by atoms with Gasteiger partial charge in [0.15, 0.2) is 5.69 Å². The van der Waals surface area contributed by atoms with Gasteiger partial charge in [0.25, 0.3) is 0 Å². The molecule has 2 aromatic rings. The van der Waals surface area contributed by atoms with Crippen molar-refractivity contribution in [3.8, 4) is 0 Å². The molecule has 0 aliphatic carbocycles. The standard InChI is InChI=1S/C11H9NO4S/c1-15-10(13)6-5-8-7(3-4-17-8)12-9(6)11(14)16-2/h3-5H,1-2H3. The average Bonchev–Trinajstić information content (AvgIpc) is 2.82. The zero-order valence-electron chi connectivity index (χ0n) is 9.22. The summed E-state index contributed by atoms with van der Waals surface area (Å²) in [7, 11) is 2.49. The Morgan fingerprint density at radius 3 is 2.59 bits per heavy atom. The second-order valence-electron chi connectivity index (χ2n) is 3.17. The van der Waals surface area contributed by atoms with Crippen LogP contribution in [-0.2, 0) is 9.47 Å². The molecule has 0 aliphatic heterocycles. The number of thiophene rings is 1. The molecule has 0 spiro atoms. The van der Waals surface area contributed by atoms with E-state index in [1.54, 1.807) is 12.1 Å². The molecule has 0 saturated carbocycles. The van der Waals surface area contributed by atoms with E-state index >= 15 is 0 Å². The molecule has 0 aromatic carbocycles. The van der Waals surface area contributed by atoms with Crippen LogP contribution in [0, 0.1) is 0 Å². The molecule has 0 unspecified atom stereocenters. The Morgan fingerprint density at radius 2 is 1.94 bits per heavy atom. The summed E-state index contributed by atoms with van der Waals surface area (Å²) >= 11 is 1.44. The van der Waals surface area contributed by atoms with E-state index in [2.05, 4.69) is 14.5 Å². The highest BCUT2D eigenvalue weighted by molar-refractivity contribution is 7.17. The van der Waals surface area contributed by atoms with E-state index < -0.39 is 11.9 Å². The van der Waals surface area contributed by atoms with Crippen molar-refractivity contribution >= 4 is 33.5 Å². The van der Waals surface area contributed by atoms with E-state index in [4.69, 9.17) is 0 Å². The van der Waals surface area contributed by atoms with Crippen LogP contribution in [0.3, 0.4) is 0 Å². The maximum absolute atomic E-state index is 11.6. The van der Waals surface area contributed by atoms with Gasteiger partial charge in [-0.15, -0.1) is 11.3 Å². The number of aromatic nitrogens is 1. The largest absolute Gasteiger partial charge is 0.465 e. The third kappa shape index (κ3) is 1.99. The number of ether oxygens (including phenoxy) is 2. The fourth-order valence-corrected chi connectivity index (χ4v) is 2.18. The summed E-state index contributed by atoms with van der Waals surface area (Å²) in [6.07, 6.45) is 0. The highest BCUT2D eigenvalue weighted by Crippen LogP contribution is 2.23.